The van der Waals surface area contributed by atoms with Crippen LogP contribution in [0.3, 0.4) is 0 Å². The standard InChI is InChI=1S/C12H17ClN4O2/c1-4-14-10(19)6-17(5-2)12-9(7-18)11(13)15-8(3)16-12/h7H,4-6H2,1-3H3,(H,14,19). The third-order valence-electron chi connectivity index (χ3n) is 2.50. The lowest BCUT2D eigenvalue weighted by Gasteiger charge is -2.23. The van der Waals surface area contributed by atoms with Gasteiger partial charge in [-0.15, -0.1) is 0 Å². The van der Waals surface area contributed by atoms with Crippen molar-refractivity contribution in [3.05, 3.63) is 16.5 Å². The number of nitrogens with zero attached hydrogens (tertiary/aromatic N) is 3. The van der Waals surface area contributed by atoms with Crippen molar-refractivity contribution >= 4 is 29.6 Å². The monoisotopic (exact) mass is 284 g/mol. The van der Waals surface area contributed by atoms with E-state index in [1.165, 1.54) is 0 Å². The summed E-state index contributed by atoms with van der Waals surface area (Å²) in [4.78, 5) is 32.6. The molecule has 0 saturated heterocycles. The number of likely N-dealkylation sites (N-methyl/N-ethyl adjacent to an activating group) is 2. The number of nitrogens with one attached hydrogen (secondary N) is 1. The summed E-state index contributed by atoms with van der Waals surface area (Å²) in [6.45, 7) is 6.61. The first-order chi connectivity index (χ1) is 9.03. The number of anilines is 1. The fraction of sp³-hybridized carbons (Fsp3) is 0.500. The Morgan fingerprint density at radius 2 is 2.11 bits per heavy atom. The van der Waals surface area contributed by atoms with E-state index >= 15 is 0 Å². The second kappa shape index (κ2) is 7.04. The van der Waals surface area contributed by atoms with Gasteiger partial charge in [0.05, 0.1) is 12.1 Å². The van der Waals surface area contributed by atoms with Gasteiger partial charge in [-0.2, -0.15) is 0 Å². The normalized spacial score (nSPS) is 10.1. The van der Waals surface area contributed by atoms with Crippen LogP contribution in [-0.2, 0) is 4.79 Å². The van der Waals surface area contributed by atoms with E-state index in [4.69, 9.17) is 11.6 Å². The summed E-state index contributed by atoms with van der Waals surface area (Å²) >= 11 is 5.92. The van der Waals surface area contributed by atoms with Crippen LogP contribution in [0.1, 0.15) is 30.0 Å². The van der Waals surface area contributed by atoms with Crippen molar-refractivity contribution in [2.24, 2.45) is 0 Å². The zero-order valence-electron chi connectivity index (χ0n) is 11.2. The summed E-state index contributed by atoms with van der Waals surface area (Å²) in [5, 5.41) is 2.81. The van der Waals surface area contributed by atoms with Gasteiger partial charge in [0.25, 0.3) is 0 Å². The fourth-order valence-corrected chi connectivity index (χ4v) is 1.89. The molecule has 1 amide bonds. The molecule has 0 atom stereocenters. The van der Waals surface area contributed by atoms with Crippen LogP contribution in [0.15, 0.2) is 0 Å². The first-order valence-electron chi connectivity index (χ1n) is 6.04. The number of aryl methyl sites for hydroxylation is 1. The van der Waals surface area contributed by atoms with Gasteiger partial charge in [-0.3, -0.25) is 9.59 Å². The number of halogens is 1. The highest BCUT2D eigenvalue weighted by molar-refractivity contribution is 6.32. The second-order valence-electron chi connectivity index (χ2n) is 3.88. The molecule has 7 heteroatoms. The van der Waals surface area contributed by atoms with Gasteiger partial charge in [0.2, 0.25) is 5.91 Å². The average Bonchev–Trinajstić information content (AvgIpc) is 2.35. The zero-order valence-corrected chi connectivity index (χ0v) is 12.0. The fourth-order valence-electron chi connectivity index (χ4n) is 1.64. The highest BCUT2D eigenvalue weighted by Crippen LogP contribution is 2.22. The Balaban J connectivity index is 3.10. The average molecular weight is 285 g/mol. The number of rotatable bonds is 6. The molecule has 19 heavy (non-hydrogen) atoms. The van der Waals surface area contributed by atoms with E-state index < -0.39 is 0 Å². The van der Waals surface area contributed by atoms with Crippen molar-refractivity contribution in [2.45, 2.75) is 20.8 Å². The number of amides is 1. The number of carbonyl (C=O) groups excluding carboxylic acids is 2. The molecular formula is C12H17ClN4O2. The molecule has 0 aliphatic carbocycles. The summed E-state index contributed by atoms with van der Waals surface area (Å²) in [6, 6.07) is 0. The van der Waals surface area contributed by atoms with E-state index in [2.05, 4.69) is 15.3 Å². The van der Waals surface area contributed by atoms with Crippen LogP contribution in [0.25, 0.3) is 0 Å². The molecule has 1 aromatic heterocycles. The number of carbonyl (C=O) groups is 2. The molecule has 0 bridgehead atoms. The van der Waals surface area contributed by atoms with Crippen molar-refractivity contribution in [1.82, 2.24) is 15.3 Å². The number of aromatic nitrogens is 2. The van der Waals surface area contributed by atoms with Gasteiger partial charge in [0.15, 0.2) is 6.29 Å². The minimum atomic E-state index is -0.131. The lowest BCUT2D eigenvalue weighted by Crippen LogP contribution is -2.38. The molecule has 1 rings (SSSR count). The molecule has 1 N–H and O–H groups in total. The molecule has 0 aromatic carbocycles. The second-order valence-corrected chi connectivity index (χ2v) is 4.24. The molecule has 1 heterocycles. The third-order valence-corrected chi connectivity index (χ3v) is 2.79. The van der Waals surface area contributed by atoms with E-state index in [1.807, 2.05) is 13.8 Å². The van der Waals surface area contributed by atoms with Crippen LogP contribution >= 0.6 is 11.6 Å². The van der Waals surface area contributed by atoms with Crippen molar-refractivity contribution in [3.8, 4) is 0 Å². The van der Waals surface area contributed by atoms with Crippen LogP contribution in [-0.4, -0.2) is 41.8 Å². The number of hydrogen-bond acceptors (Lipinski definition) is 5. The SMILES string of the molecule is CCNC(=O)CN(CC)c1nc(C)nc(Cl)c1C=O. The minimum Gasteiger partial charge on any atom is -0.355 e. The lowest BCUT2D eigenvalue weighted by molar-refractivity contribution is -0.119. The maximum absolute atomic E-state index is 11.6. The molecular weight excluding hydrogens is 268 g/mol. The Labute approximate surface area is 117 Å². The number of hydrogen-bond donors (Lipinski definition) is 1. The Morgan fingerprint density at radius 3 is 2.63 bits per heavy atom. The third kappa shape index (κ3) is 3.89. The highest BCUT2D eigenvalue weighted by atomic mass is 35.5. The molecule has 0 spiro atoms. The molecule has 104 valence electrons. The van der Waals surface area contributed by atoms with E-state index in [9.17, 15) is 9.59 Å². The molecule has 0 aliphatic heterocycles. The Kier molecular flexibility index (Phi) is 5.69. The molecule has 0 unspecified atom stereocenters. The van der Waals surface area contributed by atoms with Gasteiger partial charge < -0.3 is 10.2 Å². The summed E-state index contributed by atoms with van der Waals surface area (Å²) < 4.78 is 0. The van der Waals surface area contributed by atoms with Crippen LogP contribution in [0.5, 0.6) is 0 Å². The topological polar surface area (TPSA) is 75.2 Å². The summed E-state index contributed by atoms with van der Waals surface area (Å²) in [7, 11) is 0. The van der Waals surface area contributed by atoms with Gasteiger partial charge in [-0.25, -0.2) is 9.97 Å². The first-order valence-corrected chi connectivity index (χ1v) is 6.42. The van der Waals surface area contributed by atoms with Gasteiger partial charge in [0, 0.05) is 13.1 Å². The quantitative estimate of drug-likeness (QED) is 0.628. The molecule has 0 fully saturated rings. The largest absolute Gasteiger partial charge is 0.355 e. The van der Waals surface area contributed by atoms with Gasteiger partial charge >= 0.3 is 0 Å². The summed E-state index contributed by atoms with van der Waals surface area (Å²) in [5.74, 6) is 0.717. The smallest absolute Gasteiger partial charge is 0.239 e. The minimum absolute atomic E-state index is 0.104. The van der Waals surface area contributed by atoms with Gasteiger partial charge in [-0.1, -0.05) is 11.6 Å². The summed E-state index contributed by atoms with van der Waals surface area (Å²) in [6.07, 6.45) is 0.609. The van der Waals surface area contributed by atoms with Crippen molar-refractivity contribution < 1.29 is 9.59 Å². The van der Waals surface area contributed by atoms with Gasteiger partial charge in [0.1, 0.15) is 16.8 Å². The Bertz CT molecular complexity index is 479. The van der Waals surface area contributed by atoms with E-state index in [0.29, 0.717) is 31.0 Å². The Hall–Kier alpha value is -1.69. The molecule has 1 aromatic rings. The van der Waals surface area contributed by atoms with E-state index in [1.54, 1.807) is 11.8 Å². The van der Waals surface area contributed by atoms with Crippen LogP contribution in [0.2, 0.25) is 5.15 Å². The van der Waals surface area contributed by atoms with Gasteiger partial charge in [-0.05, 0) is 20.8 Å². The zero-order chi connectivity index (χ0) is 14.4. The first kappa shape index (κ1) is 15.4. The predicted molar refractivity (Wildman–Crippen MR) is 73.7 cm³/mol. The molecule has 6 nitrogen and oxygen atoms in total. The van der Waals surface area contributed by atoms with Crippen molar-refractivity contribution in [3.63, 3.8) is 0 Å². The van der Waals surface area contributed by atoms with E-state index in [0.717, 1.165) is 0 Å². The van der Waals surface area contributed by atoms with Crippen LogP contribution in [0.4, 0.5) is 5.82 Å². The maximum Gasteiger partial charge on any atom is 0.239 e. The maximum atomic E-state index is 11.6. The van der Waals surface area contributed by atoms with Crippen molar-refractivity contribution in [1.29, 1.82) is 0 Å². The van der Waals surface area contributed by atoms with E-state index in [-0.39, 0.29) is 23.2 Å². The van der Waals surface area contributed by atoms with Crippen LogP contribution in [0, 0.1) is 6.92 Å². The predicted octanol–water partition coefficient (Wildman–Crippen LogP) is 1.21. The molecule has 0 radical (unpaired) electrons. The lowest BCUT2D eigenvalue weighted by atomic mass is 10.3. The van der Waals surface area contributed by atoms with Crippen molar-refractivity contribution in [2.75, 3.05) is 24.5 Å². The highest BCUT2D eigenvalue weighted by Gasteiger charge is 2.18. The molecule has 0 aliphatic rings. The van der Waals surface area contributed by atoms with Crippen LogP contribution < -0.4 is 10.2 Å². The Morgan fingerprint density at radius 1 is 1.42 bits per heavy atom. The summed E-state index contributed by atoms with van der Waals surface area (Å²) in [5.41, 5.74) is 0.207. The molecule has 0 saturated carbocycles. The number of aldehydes is 1.